The fourth-order valence-electron chi connectivity index (χ4n) is 10.6. The van der Waals surface area contributed by atoms with Gasteiger partial charge in [-0.1, -0.05) is 155 Å². The number of aromatic hydroxyl groups is 8. The summed E-state index contributed by atoms with van der Waals surface area (Å²) in [4.78, 5) is 66.2. The average Bonchev–Trinajstić information content (AvgIpc) is 0.852. The number of Topliss-reactive ketones (excluding diaryl/α,β-unsaturated/α-hetero) is 4. The maximum absolute atomic E-state index is 12.4. The number of aryl methyl sites for hydroxylation is 4. The number of aliphatic imine (C=N–C) groups is 4. The van der Waals surface area contributed by atoms with Gasteiger partial charge in [0.15, 0.2) is 23.1 Å². The molecule has 8 N–H and O–H groups in total. The van der Waals surface area contributed by atoms with E-state index in [1.807, 2.05) is 146 Å². The monoisotopic (exact) mass is 1330 g/mol. The Morgan fingerprint density at radius 1 is 0.347 bits per heavy atom. The van der Waals surface area contributed by atoms with Crippen molar-refractivity contribution >= 4 is 46.0 Å². The molecular weight excluding hydrogens is 1230 g/mol. The first-order valence-electron chi connectivity index (χ1n) is 33.3. The molecule has 1 atom stereocenters. The topological polar surface area (TPSA) is 280 Å². The minimum Gasteiger partial charge on any atom is -0.508 e. The molecule has 516 valence electrons. The van der Waals surface area contributed by atoms with Crippen LogP contribution in [0.5, 0.6) is 46.0 Å². The number of rotatable bonds is 27. The van der Waals surface area contributed by atoms with Gasteiger partial charge in [0, 0.05) is 93.0 Å². The zero-order chi connectivity index (χ0) is 72.0. The molecule has 0 bridgehead atoms. The van der Waals surface area contributed by atoms with Crippen LogP contribution in [0.1, 0.15) is 163 Å². The molecule has 0 radical (unpaired) electrons. The summed E-state index contributed by atoms with van der Waals surface area (Å²) < 4.78 is 0. The molecule has 16 heteroatoms. The van der Waals surface area contributed by atoms with Gasteiger partial charge in [-0.3, -0.25) is 39.1 Å². The smallest absolute Gasteiger partial charge is 0.158 e. The van der Waals surface area contributed by atoms with E-state index in [-0.39, 0.29) is 101 Å². The first-order chi connectivity index (χ1) is 46.8. The minimum absolute atomic E-state index is 0.0149. The van der Waals surface area contributed by atoms with Crippen LogP contribution in [0, 0.1) is 41.5 Å². The van der Waals surface area contributed by atoms with Gasteiger partial charge in [0.1, 0.15) is 46.0 Å². The standard InChI is InChI=1S/C22H27NO3.C21H25NO3.C20H23NO3.C19H21NO3/c1-5-20(19-9-10-21(25)16(4)22(19)26)23-13-18(24)12-15(3)17-8-6-7-14(2)11-17;1-4-19(18-10-11-20(24)15(3)21(18)25)22-13-17(23)9-8-16-7-5-6-14(2)12-16;1-3-18(17-11-12-19(23)14(2)20(17)24)21-13-16(22)10-9-15-7-5-4-6-8-15;1-3-17(16-9-10-18(22)13(2)19(16)23)20-12-15(21)11-14-7-5-4-6-8-14/h6-11,15,25-26H,5,12-13H2,1-4H3;5-7,10-12,24-25H,4,8-9,13H2,1-3H3;4-8,11-12,23-24H,3,9-10,13H2,1-2H3;4-10,22-23H,3,11-12H2,1-2H3. The summed E-state index contributed by atoms with van der Waals surface area (Å²) in [5.41, 5.74) is 13.4. The van der Waals surface area contributed by atoms with Crippen LogP contribution in [-0.2, 0) is 38.4 Å². The lowest BCUT2D eigenvalue weighted by Gasteiger charge is -2.12. The summed E-state index contributed by atoms with van der Waals surface area (Å²) in [5, 5.41) is 79.3. The third kappa shape index (κ3) is 24.0. The van der Waals surface area contributed by atoms with Gasteiger partial charge in [0.2, 0.25) is 0 Å². The molecule has 0 heterocycles. The second kappa shape index (κ2) is 39.5. The van der Waals surface area contributed by atoms with E-state index in [1.165, 1.54) is 35.4 Å². The molecule has 8 aromatic rings. The molecule has 0 aromatic heterocycles. The van der Waals surface area contributed by atoms with Crippen molar-refractivity contribution in [1.29, 1.82) is 0 Å². The zero-order valence-corrected chi connectivity index (χ0v) is 58.5. The summed E-state index contributed by atoms with van der Waals surface area (Å²) in [5.74, 6) is 0.641. The number of carbonyl (C=O) groups excluding carboxylic acids is 4. The number of hydrogen-bond acceptors (Lipinski definition) is 16. The van der Waals surface area contributed by atoms with Crippen LogP contribution in [-0.4, -0.2) is 113 Å². The van der Waals surface area contributed by atoms with E-state index in [0.717, 1.165) is 22.3 Å². The van der Waals surface area contributed by atoms with Crippen molar-refractivity contribution in [3.05, 3.63) is 236 Å². The molecule has 16 nitrogen and oxygen atoms in total. The summed E-state index contributed by atoms with van der Waals surface area (Å²) in [6.07, 6.45) is 5.49. The van der Waals surface area contributed by atoms with E-state index >= 15 is 0 Å². The number of phenols is 8. The van der Waals surface area contributed by atoms with Crippen LogP contribution in [0.15, 0.2) is 178 Å². The van der Waals surface area contributed by atoms with Crippen molar-refractivity contribution < 1.29 is 60.0 Å². The second-order valence-electron chi connectivity index (χ2n) is 24.2. The maximum Gasteiger partial charge on any atom is 0.158 e. The fraction of sp³-hybridized carbons (Fsp3) is 0.317. The molecule has 0 spiro atoms. The zero-order valence-electron chi connectivity index (χ0n) is 58.5. The number of ketones is 4. The van der Waals surface area contributed by atoms with Crippen LogP contribution in [0.2, 0.25) is 0 Å². The van der Waals surface area contributed by atoms with E-state index < -0.39 is 0 Å². The Balaban J connectivity index is 0.000000236. The quantitative estimate of drug-likeness (QED) is 0.0223. The van der Waals surface area contributed by atoms with E-state index in [2.05, 4.69) is 32.1 Å². The van der Waals surface area contributed by atoms with Crippen LogP contribution >= 0.6 is 0 Å². The molecule has 98 heavy (non-hydrogen) atoms. The summed E-state index contributed by atoms with van der Waals surface area (Å²) in [6.45, 7) is 20.8. The molecule has 0 fully saturated rings. The Kier molecular flexibility index (Phi) is 31.6. The highest BCUT2D eigenvalue weighted by Crippen LogP contribution is 2.34. The number of benzene rings is 8. The van der Waals surface area contributed by atoms with Crippen LogP contribution in [0.25, 0.3) is 0 Å². The van der Waals surface area contributed by atoms with E-state index in [9.17, 15) is 60.0 Å². The third-order valence-electron chi connectivity index (χ3n) is 16.7. The van der Waals surface area contributed by atoms with E-state index in [1.54, 1.807) is 52.0 Å². The van der Waals surface area contributed by atoms with Gasteiger partial charge in [-0.05, 0) is 157 Å². The highest BCUT2D eigenvalue weighted by molar-refractivity contribution is 6.06. The predicted molar refractivity (Wildman–Crippen MR) is 393 cm³/mol. The highest BCUT2D eigenvalue weighted by atomic mass is 16.3. The summed E-state index contributed by atoms with van der Waals surface area (Å²) >= 11 is 0. The van der Waals surface area contributed by atoms with Gasteiger partial charge in [0.05, 0.1) is 26.2 Å². The van der Waals surface area contributed by atoms with Crippen molar-refractivity contribution in [2.24, 2.45) is 20.0 Å². The number of carbonyl (C=O) groups is 4. The van der Waals surface area contributed by atoms with Crippen molar-refractivity contribution in [1.82, 2.24) is 0 Å². The molecule has 0 amide bonds. The number of nitrogens with zero attached hydrogens (tertiary/aromatic N) is 4. The third-order valence-corrected chi connectivity index (χ3v) is 16.7. The Hall–Kier alpha value is -10.5. The van der Waals surface area contributed by atoms with E-state index in [0.29, 0.717) is 132 Å². The number of hydrogen-bond donors (Lipinski definition) is 8. The van der Waals surface area contributed by atoms with Gasteiger partial charge in [-0.2, -0.15) is 0 Å². The Morgan fingerprint density at radius 3 is 1.02 bits per heavy atom. The molecule has 0 aliphatic heterocycles. The van der Waals surface area contributed by atoms with Crippen LogP contribution in [0.4, 0.5) is 0 Å². The molecule has 0 saturated heterocycles. The Bertz CT molecular complexity index is 4130. The summed E-state index contributed by atoms with van der Waals surface area (Å²) in [6, 6.07) is 48.5. The molecule has 8 rings (SSSR count). The lowest BCUT2D eigenvalue weighted by Crippen LogP contribution is -2.10. The van der Waals surface area contributed by atoms with Gasteiger partial charge in [-0.15, -0.1) is 0 Å². The predicted octanol–water partition coefficient (Wildman–Crippen LogP) is 16.0. The van der Waals surface area contributed by atoms with Crippen molar-refractivity contribution in [2.45, 2.75) is 146 Å². The molecule has 0 aliphatic carbocycles. The van der Waals surface area contributed by atoms with Crippen molar-refractivity contribution in [3.63, 3.8) is 0 Å². The largest absolute Gasteiger partial charge is 0.508 e. The van der Waals surface area contributed by atoms with Gasteiger partial charge in [0.25, 0.3) is 0 Å². The number of phenolic OH excluding ortho intramolecular Hbond substituents is 8. The molecule has 0 saturated carbocycles. The first kappa shape index (κ1) is 78.2. The van der Waals surface area contributed by atoms with Gasteiger partial charge < -0.3 is 40.9 Å². The lowest BCUT2D eigenvalue weighted by molar-refractivity contribution is -0.118. The van der Waals surface area contributed by atoms with E-state index in [4.69, 9.17) is 0 Å². The lowest BCUT2D eigenvalue weighted by atomic mass is 9.94. The highest BCUT2D eigenvalue weighted by Gasteiger charge is 2.19. The van der Waals surface area contributed by atoms with Gasteiger partial charge >= 0.3 is 0 Å². The molecule has 8 aromatic carbocycles. The molecule has 0 aliphatic rings. The Morgan fingerprint density at radius 2 is 0.663 bits per heavy atom. The summed E-state index contributed by atoms with van der Waals surface area (Å²) in [7, 11) is 0. The average molecular weight is 1330 g/mol. The molecule has 1 unspecified atom stereocenters. The van der Waals surface area contributed by atoms with Crippen LogP contribution in [0.3, 0.4) is 0 Å². The van der Waals surface area contributed by atoms with Gasteiger partial charge in [-0.25, -0.2) is 0 Å². The first-order valence-corrected chi connectivity index (χ1v) is 33.3. The van der Waals surface area contributed by atoms with Crippen molar-refractivity contribution in [3.8, 4) is 46.0 Å². The Labute approximate surface area is 577 Å². The normalized spacial score (nSPS) is 11.9. The maximum atomic E-state index is 12.4. The van der Waals surface area contributed by atoms with Crippen molar-refractivity contribution in [2.75, 3.05) is 26.2 Å². The SMILES string of the molecule is CCC(=NCC(=O)CC(C)c1cccc(C)c1)c1ccc(O)c(C)c1O.CCC(=NCC(=O)CCc1cccc(C)c1)c1ccc(O)c(C)c1O.CCC(=NCC(=O)CCc1ccccc1)c1ccc(O)c(C)c1O.CCC(=NCC(=O)Cc1ccccc1)c1ccc(O)c(C)c1O. The molecular formula is C82H96N4O12. The van der Waals surface area contributed by atoms with Crippen LogP contribution < -0.4 is 0 Å². The second-order valence-corrected chi connectivity index (χ2v) is 24.2. The minimum atomic E-state index is 0.0149. The fourth-order valence-corrected chi connectivity index (χ4v) is 10.6.